The van der Waals surface area contributed by atoms with Crippen LogP contribution in [0.3, 0.4) is 0 Å². The predicted molar refractivity (Wildman–Crippen MR) is 115 cm³/mol. The lowest BCUT2D eigenvalue weighted by Crippen LogP contribution is -3.15. The molecule has 0 heterocycles. The summed E-state index contributed by atoms with van der Waals surface area (Å²) in [6, 6.07) is 16.8. The van der Waals surface area contributed by atoms with Crippen LogP contribution in [0.2, 0.25) is 0 Å². The Morgan fingerprint density at radius 1 is 1.10 bits per heavy atom. The van der Waals surface area contributed by atoms with Gasteiger partial charge in [0.25, 0.3) is 11.8 Å². The highest BCUT2D eigenvalue weighted by molar-refractivity contribution is 5.91. The number of hydrogen-bond donors (Lipinski definition) is 3. The van der Waals surface area contributed by atoms with Gasteiger partial charge in [0, 0.05) is 11.8 Å². The van der Waals surface area contributed by atoms with Gasteiger partial charge in [-0.05, 0) is 31.0 Å². The molecule has 6 nitrogen and oxygen atoms in total. The standard InChI is InChI=1S/C23H31N3O3/c1-5-10-21(18-11-7-6-8-12-18)25-23(28)17(2)26(3)16-22(27)24-19-13-9-14-20(15-19)29-4/h6-9,11-15,17,21H,5,10,16H2,1-4H3,(H,24,27)(H,25,28)/p+1/t17-,21+/m0/s1. The first kappa shape index (κ1) is 22.4. The number of methoxy groups -OCH3 is 1. The molecule has 3 atom stereocenters. The first-order valence-corrected chi connectivity index (χ1v) is 10.1. The largest absolute Gasteiger partial charge is 0.497 e. The lowest BCUT2D eigenvalue weighted by molar-refractivity contribution is -0.885. The highest BCUT2D eigenvalue weighted by atomic mass is 16.5. The molecular weight excluding hydrogens is 366 g/mol. The van der Waals surface area contributed by atoms with Crippen molar-refractivity contribution in [3.8, 4) is 5.75 Å². The van der Waals surface area contributed by atoms with Gasteiger partial charge in [0.2, 0.25) is 0 Å². The number of carbonyl (C=O) groups excluding carboxylic acids is 2. The first-order valence-electron chi connectivity index (χ1n) is 10.1. The molecule has 0 spiro atoms. The second-order valence-corrected chi connectivity index (χ2v) is 7.29. The van der Waals surface area contributed by atoms with Gasteiger partial charge in [-0.2, -0.15) is 0 Å². The van der Waals surface area contributed by atoms with Crippen LogP contribution in [0.4, 0.5) is 5.69 Å². The van der Waals surface area contributed by atoms with Gasteiger partial charge in [0.05, 0.1) is 20.2 Å². The maximum Gasteiger partial charge on any atom is 0.279 e. The van der Waals surface area contributed by atoms with Crippen LogP contribution in [0.1, 0.15) is 38.3 Å². The summed E-state index contributed by atoms with van der Waals surface area (Å²) in [5, 5.41) is 6.00. The summed E-state index contributed by atoms with van der Waals surface area (Å²) in [5.74, 6) is 0.474. The van der Waals surface area contributed by atoms with Gasteiger partial charge in [0.1, 0.15) is 5.75 Å². The predicted octanol–water partition coefficient (Wildman–Crippen LogP) is 2.19. The molecule has 1 unspecified atom stereocenters. The van der Waals surface area contributed by atoms with E-state index in [1.165, 1.54) is 0 Å². The van der Waals surface area contributed by atoms with Gasteiger partial charge in [-0.1, -0.05) is 49.7 Å². The highest BCUT2D eigenvalue weighted by Gasteiger charge is 2.26. The molecular formula is C23H32N3O3+. The third-order valence-corrected chi connectivity index (χ3v) is 5.02. The zero-order valence-corrected chi connectivity index (χ0v) is 17.7. The minimum absolute atomic E-state index is 0.0189. The summed E-state index contributed by atoms with van der Waals surface area (Å²) < 4.78 is 5.17. The van der Waals surface area contributed by atoms with Crippen LogP contribution in [-0.2, 0) is 9.59 Å². The average Bonchev–Trinajstić information content (AvgIpc) is 2.73. The summed E-state index contributed by atoms with van der Waals surface area (Å²) >= 11 is 0. The first-order chi connectivity index (χ1) is 13.9. The fraction of sp³-hybridized carbons (Fsp3) is 0.391. The van der Waals surface area contributed by atoms with Crippen LogP contribution >= 0.6 is 0 Å². The van der Waals surface area contributed by atoms with Crippen LogP contribution in [0.25, 0.3) is 0 Å². The molecule has 0 aliphatic carbocycles. The van der Waals surface area contributed by atoms with Crippen molar-refractivity contribution in [2.75, 3.05) is 26.0 Å². The summed E-state index contributed by atoms with van der Waals surface area (Å²) in [4.78, 5) is 26.0. The number of anilines is 1. The van der Waals surface area contributed by atoms with Crippen molar-refractivity contribution in [1.29, 1.82) is 0 Å². The molecule has 29 heavy (non-hydrogen) atoms. The molecule has 0 saturated heterocycles. The highest BCUT2D eigenvalue weighted by Crippen LogP contribution is 2.18. The number of carbonyl (C=O) groups is 2. The number of ether oxygens (including phenoxy) is 1. The number of benzene rings is 2. The molecule has 2 amide bonds. The number of rotatable bonds is 10. The summed E-state index contributed by atoms with van der Waals surface area (Å²) in [6.07, 6.45) is 1.84. The van der Waals surface area contributed by atoms with Gasteiger partial charge in [0.15, 0.2) is 12.6 Å². The molecule has 2 rings (SSSR count). The van der Waals surface area contributed by atoms with Crippen LogP contribution < -0.4 is 20.3 Å². The van der Waals surface area contributed by atoms with E-state index in [1.54, 1.807) is 19.2 Å². The van der Waals surface area contributed by atoms with Crippen LogP contribution in [-0.4, -0.2) is 38.6 Å². The molecule has 0 aliphatic heterocycles. The summed E-state index contributed by atoms with van der Waals surface area (Å²) in [6.45, 7) is 4.14. The number of likely N-dealkylation sites (N-methyl/N-ethyl adjacent to an activating group) is 1. The minimum Gasteiger partial charge on any atom is -0.497 e. The van der Waals surface area contributed by atoms with E-state index in [0.29, 0.717) is 11.4 Å². The maximum absolute atomic E-state index is 12.8. The number of hydrogen-bond acceptors (Lipinski definition) is 3. The molecule has 2 aromatic rings. The summed E-state index contributed by atoms with van der Waals surface area (Å²) in [5.41, 5.74) is 1.77. The van der Waals surface area contributed by atoms with Crippen molar-refractivity contribution in [2.24, 2.45) is 0 Å². The number of quaternary nitrogens is 1. The van der Waals surface area contributed by atoms with E-state index >= 15 is 0 Å². The molecule has 3 N–H and O–H groups in total. The van der Waals surface area contributed by atoms with Crippen molar-refractivity contribution in [2.45, 2.75) is 38.8 Å². The van der Waals surface area contributed by atoms with E-state index in [-0.39, 0.29) is 30.4 Å². The number of nitrogens with one attached hydrogen (secondary N) is 3. The molecule has 0 radical (unpaired) electrons. The molecule has 0 aliphatic rings. The van der Waals surface area contributed by atoms with Crippen molar-refractivity contribution in [3.63, 3.8) is 0 Å². The average molecular weight is 399 g/mol. The van der Waals surface area contributed by atoms with Crippen LogP contribution in [0, 0.1) is 0 Å². The van der Waals surface area contributed by atoms with Gasteiger partial charge < -0.3 is 20.3 Å². The topological polar surface area (TPSA) is 71.9 Å². The molecule has 0 saturated carbocycles. The Bertz CT molecular complexity index is 795. The molecule has 0 bridgehead atoms. The van der Waals surface area contributed by atoms with Gasteiger partial charge in [-0.25, -0.2) is 0 Å². The quantitative estimate of drug-likeness (QED) is 0.575. The van der Waals surface area contributed by atoms with Crippen LogP contribution in [0.5, 0.6) is 5.75 Å². The minimum atomic E-state index is -0.353. The normalized spacial score (nSPS) is 13.8. The second-order valence-electron chi connectivity index (χ2n) is 7.29. The Kier molecular flexibility index (Phi) is 8.68. The monoisotopic (exact) mass is 398 g/mol. The third-order valence-electron chi connectivity index (χ3n) is 5.02. The Hall–Kier alpha value is -2.86. The van der Waals surface area contributed by atoms with Crippen molar-refractivity contribution >= 4 is 17.5 Å². The zero-order chi connectivity index (χ0) is 21.2. The fourth-order valence-electron chi connectivity index (χ4n) is 3.13. The van der Waals surface area contributed by atoms with Crippen LogP contribution in [0.15, 0.2) is 54.6 Å². The van der Waals surface area contributed by atoms with Crippen molar-refractivity contribution in [3.05, 3.63) is 60.2 Å². The molecule has 6 heteroatoms. The Morgan fingerprint density at radius 2 is 1.83 bits per heavy atom. The Balaban J connectivity index is 1.92. The van der Waals surface area contributed by atoms with Crippen molar-refractivity contribution in [1.82, 2.24) is 5.32 Å². The maximum atomic E-state index is 12.8. The smallest absolute Gasteiger partial charge is 0.279 e. The lowest BCUT2D eigenvalue weighted by Gasteiger charge is -2.24. The SMILES string of the molecule is CCC[C@@H](NC(=O)[C@H](C)[NH+](C)CC(=O)Nc1cccc(OC)c1)c1ccccc1. The summed E-state index contributed by atoms with van der Waals surface area (Å²) in [7, 11) is 3.44. The van der Waals surface area contributed by atoms with E-state index in [1.807, 2.05) is 56.4 Å². The molecule has 156 valence electrons. The molecule has 2 aromatic carbocycles. The van der Waals surface area contributed by atoms with E-state index in [4.69, 9.17) is 4.74 Å². The zero-order valence-electron chi connectivity index (χ0n) is 17.7. The Labute approximate surface area is 173 Å². The lowest BCUT2D eigenvalue weighted by atomic mass is 10.0. The van der Waals surface area contributed by atoms with Crippen molar-refractivity contribution < 1.29 is 19.2 Å². The number of amides is 2. The molecule has 0 fully saturated rings. The molecule has 0 aromatic heterocycles. The van der Waals surface area contributed by atoms with Gasteiger partial charge in [-0.3, -0.25) is 9.59 Å². The Morgan fingerprint density at radius 3 is 2.48 bits per heavy atom. The van der Waals surface area contributed by atoms with E-state index < -0.39 is 0 Å². The van der Waals surface area contributed by atoms with Gasteiger partial charge in [-0.15, -0.1) is 0 Å². The van der Waals surface area contributed by atoms with E-state index in [0.717, 1.165) is 23.3 Å². The third kappa shape index (κ3) is 6.91. The second kappa shape index (κ2) is 11.2. The fourth-order valence-corrected chi connectivity index (χ4v) is 3.13. The van der Waals surface area contributed by atoms with E-state index in [9.17, 15) is 9.59 Å². The van der Waals surface area contributed by atoms with E-state index in [2.05, 4.69) is 17.6 Å². The van der Waals surface area contributed by atoms with Gasteiger partial charge >= 0.3 is 0 Å².